The van der Waals surface area contributed by atoms with Crippen molar-refractivity contribution in [2.45, 2.75) is 103 Å². The third-order valence-electron chi connectivity index (χ3n) is 11.2. The number of hydrogen-bond acceptors (Lipinski definition) is 7. The van der Waals surface area contributed by atoms with Crippen molar-refractivity contribution in [3.05, 3.63) is 107 Å². The largest absolute Gasteiger partial charge is 0.460 e. The van der Waals surface area contributed by atoms with Gasteiger partial charge in [-0.25, -0.2) is 23.0 Å². The van der Waals surface area contributed by atoms with Crippen molar-refractivity contribution >= 4 is 34.2 Å². The number of fused-ring (bicyclic) bond motifs is 1. The van der Waals surface area contributed by atoms with Gasteiger partial charge in [-0.1, -0.05) is 74.9 Å². The Morgan fingerprint density at radius 3 is 1.93 bits per heavy atom. The molecule has 0 radical (unpaired) electrons. The summed E-state index contributed by atoms with van der Waals surface area (Å²) >= 11 is 0. The fraction of sp³-hybridized carbons (Fsp3) is 0.489. The van der Waals surface area contributed by atoms with E-state index in [0.717, 1.165) is 83.6 Å². The van der Waals surface area contributed by atoms with Crippen LogP contribution >= 0.6 is 0 Å². The molecule has 5 rings (SSSR count). The van der Waals surface area contributed by atoms with Crippen LogP contribution in [-0.4, -0.2) is 81.1 Å². The summed E-state index contributed by atoms with van der Waals surface area (Å²) in [6.07, 6.45) is 1.35. The minimum absolute atomic E-state index is 0.175. The van der Waals surface area contributed by atoms with Gasteiger partial charge in [0.15, 0.2) is 0 Å². The monoisotopic (exact) mass is 857 g/mol. The first kappa shape index (κ1) is 47.4. The van der Waals surface area contributed by atoms with Crippen molar-refractivity contribution < 1.29 is 40.3 Å². The highest BCUT2D eigenvalue weighted by Crippen LogP contribution is 2.39. The van der Waals surface area contributed by atoms with Gasteiger partial charge in [0.2, 0.25) is 0 Å². The second kappa shape index (κ2) is 20.9. The van der Waals surface area contributed by atoms with Gasteiger partial charge in [0.05, 0.1) is 49.4 Å². The molecule has 0 saturated heterocycles. The van der Waals surface area contributed by atoms with Gasteiger partial charge in [-0.3, -0.25) is 9.79 Å². The molecule has 3 aromatic carbocycles. The number of halogens is 7. The van der Waals surface area contributed by atoms with Gasteiger partial charge in [-0.05, 0) is 105 Å². The van der Waals surface area contributed by atoms with Gasteiger partial charge in [0.1, 0.15) is 6.10 Å². The summed E-state index contributed by atoms with van der Waals surface area (Å²) < 4.78 is 101. The Morgan fingerprint density at radius 1 is 0.754 bits per heavy atom. The smallest absolute Gasteiger partial charge is 0.401 e. The molecule has 2 N–H and O–H groups in total. The molecule has 3 unspecified atom stereocenters. The van der Waals surface area contributed by atoms with Crippen LogP contribution < -0.4 is 20.7 Å². The van der Waals surface area contributed by atoms with E-state index in [0.29, 0.717) is 12.1 Å². The minimum atomic E-state index is -4.74. The molecule has 0 aromatic heterocycles. The van der Waals surface area contributed by atoms with E-state index < -0.39 is 44.1 Å². The molecule has 2 aliphatic rings. The van der Waals surface area contributed by atoms with Crippen molar-refractivity contribution in [2.24, 2.45) is 10.9 Å². The number of esters is 1. The standard InChI is InChI=1S/C47H58F7N5O2/c1-6-32(5)44(60)61-42-17-13-12-16-41(42)57-40-27-26-39(37-14-10-11-15-38(37)40)43(33-18-22-35(23-19-33)58(7-2)8-3)34-20-24-36(25-21-34)59(9-4)56-30-46(50,51)28-45(48,49)29-55-31-47(52,53)54/h10-11,14-15,18-27,32,41-42,55-56H,6-9,12-13,16-17,28-31H2,1-5H3. The van der Waals surface area contributed by atoms with Gasteiger partial charge in [-0.15, -0.1) is 0 Å². The summed E-state index contributed by atoms with van der Waals surface area (Å²) in [5.41, 5.74) is 10.5. The molecule has 14 heteroatoms. The maximum Gasteiger partial charge on any atom is 0.401 e. The first-order chi connectivity index (χ1) is 29.0. The van der Waals surface area contributed by atoms with Crippen LogP contribution in [0.5, 0.6) is 0 Å². The molecule has 3 aromatic rings. The van der Waals surface area contributed by atoms with Crippen molar-refractivity contribution in [1.29, 1.82) is 0 Å². The number of benzene rings is 3. The zero-order chi connectivity index (χ0) is 44.4. The maximum absolute atomic E-state index is 14.8. The van der Waals surface area contributed by atoms with Gasteiger partial charge in [0, 0.05) is 30.9 Å². The molecule has 1 fully saturated rings. The number of carbonyl (C=O) groups excluding carboxylic acids is 1. The highest BCUT2D eigenvalue weighted by molar-refractivity contribution is 6.19. The third-order valence-corrected chi connectivity index (χ3v) is 11.2. The molecule has 0 aliphatic heterocycles. The van der Waals surface area contributed by atoms with E-state index in [9.17, 15) is 35.5 Å². The van der Waals surface area contributed by atoms with Crippen molar-refractivity contribution in [2.75, 3.05) is 49.2 Å². The number of rotatable bonds is 19. The van der Waals surface area contributed by atoms with Crippen LogP contribution in [0.4, 0.5) is 42.1 Å². The van der Waals surface area contributed by atoms with Gasteiger partial charge in [-0.2, -0.15) is 13.2 Å². The number of aliphatic imine (C=N–C) groups is 1. The van der Waals surface area contributed by atoms with E-state index in [1.807, 2.05) is 50.3 Å². The van der Waals surface area contributed by atoms with E-state index in [1.165, 1.54) is 10.3 Å². The number of ether oxygens (including phenoxy) is 1. The summed E-state index contributed by atoms with van der Waals surface area (Å²) in [5, 5.41) is 2.94. The van der Waals surface area contributed by atoms with Crippen molar-refractivity contribution in [3.63, 3.8) is 0 Å². The predicted molar refractivity (Wildman–Crippen MR) is 231 cm³/mol. The zero-order valence-corrected chi connectivity index (χ0v) is 35.6. The molecule has 0 bridgehead atoms. The lowest BCUT2D eigenvalue weighted by molar-refractivity contribution is -0.156. The van der Waals surface area contributed by atoms with Gasteiger partial charge >= 0.3 is 12.1 Å². The summed E-state index contributed by atoms with van der Waals surface area (Å²) in [4.78, 5) is 20.3. The van der Waals surface area contributed by atoms with E-state index in [-0.39, 0.29) is 30.6 Å². The molecule has 0 heterocycles. The summed E-state index contributed by atoms with van der Waals surface area (Å²) in [7, 11) is 0. The van der Waals surface area contributed by atoms with Crippen LogP contribution in [0.3, 0.4) is 0 Å². The van der Waals surface area contributed by atoms with E-state index in [2.05, 4.69) is 60.6 Å². The van der Waals surface area contributed by atoms with Crippen LogP contribution in [0.1, 0.15) is 95.4 Å². The average molecular weight is 858 g/mol. The quantitative estimate of drug-likeness (QED) is 0.0711. The predicted octanol–water partition coefficient (Wildman–Crippen LogP) is 10.9. The Morgan fingerprint density at radius 2 is 1.34 bits per heavy atom. The van der Waals surface area contributed by atoms with Crippen LogP contribution in [0.25, 0.3) is 11.1 Å². The SMILES string of the molecule is CCC(C)C(=O)OC1CCCCC1N=C1C=CC(=C(c2ccc(N(CC)CC)cc2)c2ccc(N(CC)NCC(F)(F)CC(F)(F)CNCC(F)(F)F)cc2)c2ccccc21. The van der Waals surface area contributed by atoms with E-state index in [1.54, 1.807) is 19.1 Å². The lowest BCUT2D eigenvalue weighted by Gasteiger charge is -2.30. The first-order valence-electron chi connectivity index (χ1n) is 21.3. The normalized spacial score (nSPS) is 19.0. The Balaban J connectivity index is 1.47. The number of hydrogen-bond donors (Lipinski definition) is 2. The number of allylic oxidation sites excluding steroid dienone is 3. The third kappa shape index (κ3) is 12.9. The van der Waals surface area contributed by atoms with Crippen LogP contribution in [0.15, 0.2) is 89.9 Å². The highest BCUT2D eigenvalue weighted by Gasteiger charge is 2.44. The molecule has 0 amide bonds. The number of alkyl halides is 7. The molecule has 61 heavy (non-hydrogen) atoms. The minimum Gasteiger partial charge on any atom is -0.460 e. The number of nitrogens with zero attached hydrogens (tertiary/aromatic N) is 3. The van der Waals surface area contributed by atoms with Crippen molar-refractivity contribution in [1.82, 2.24) is 10.7 Å². The van der Waals surface area contributed by atoms with Gasteiger partial charge < -0.3 is 20.0 Å². The molecular weight excluding hydrogens is 800 g/mol. The topological polar surface area (TPSA) is 69.2 Å². The number of hydrazine groups is 1. The molecule has 0 spiro atoms. The summed E-state index contributed by atoms with van der Waals surface area (Å²) in [5.74, 6) is -8.37. The lowest BCUT2D eigenvalue weighted by Crippen LogP contribution is -2.48. The van der Waals surface area contributed by atoms with Crippen LogP contribution in [0, 0.1) is 5.92 Å². The maximum atomic E-state index is 14.8. The fourth-order valence-electron chi connectivity index (χ4n) is 7.79. The highest BCUT2D eigenvalue weighted by atomic mass is 19.4. The Kier molecular flexibility index (Phi) is 16.2. The van der Waals surface area contributed by atoms with Crippen LogP contribution in [-0.2, 0) is 9.53 Å². The second-order valence-corrected chi connectivity index (χ2v) is 15.8. The molecule has 1 saturated carbocycles. The molecule has 332 valence electrons. The second-order valence-electron chi connectivity index (χ2n) is 15.8. The zero-order valence-electron chi connectivity index (χ0n) is 35.6. The Hall–Kier alpha value is -4.69. The van der Waals surface area contributed by atoms with Crippen LogP contribution in [0.2, 0.25) is 0 Å². The fourth-order valence-corrected chi connectivity index (χ4v) is 7.79. The lowest BCUT2D eigenvalue weighted by atomic mass is 9.83. The molecule has 3 atom stereocenters. The summed E-state index contributed by atoms with van der Waals surface area (Å²) in [6.45, 7) is 7.28. The molecule has 7 nitrogen and oxygen atoms in total. The molecular formula is C47H58F7N5O2. The summed E-state index contributed by atoms with van der Waals surface area (Å²) in [6, 6.07) is 23.5. The van der Waals surface area contributed by atoms with E-state index in [4.69, 9.17) is 9.73 Å². The number of nitrogens with one attached hydrogen (secondary N) is 2. The Bertz CT molecular complexity index is 1990. The number of carbonyl (C=O) groups is 1. The Labute approximate surface area is 355 Å². The first-order valence-corrected chi connectivity index (χ1v) is 21.3. The van der Waals surface area contributed by atoms with E-state index >= 15 is 0 Å². The van der Waals surface area contributed by atoms with Crippen molar-refractivity contribution in [3.8, 4) is 0 Å². The average Bonchev–Trinajstić information content (AvgIpc) is 3.22. The van der Waals surface area contributed by atoms with Gasteiger partial charge in [0.25, 0.3) is 11.8 Å². The number of anilines is 2. The molecule has 2 aliphatic carbocycles.